The molecule has 3 rings (SSSR count). The van der Waals surface area contributed by atoms with Crippen molar-refractivity contribution in [3.8, 4) is 0 Å². The molecule has 0 saturated carbocycles. The first-order valence-corrected chi connectivity index (χ1v) is 8.48. The lowest BCUT2D eigenvalue weighted by Gasteiger charge is -2.22. The molecule has 0 radical (unpaired) electrons. The van der Waals surface area contributed by atoms with Gasteiger partial charge in [0.25, 0.3) is 0 Å². The molecule has 0 fully saturated rings. The molecule has 1 aromatic heterocycles. The van der Waals surface area contributed by atoms with Gasteiger partial charge in [-0.15, -0.1) is 11.3 Å². The first kappa shape index (κ1) is 16.6. The average molecular weight is 343 g/mol. The molecule has 5 heteroatoms. The van der Waals surface area contributed by atoms with E-state index in [9.17, 15) is 14.3 Å². The number of hydrogen-bond acceptors (Lipinski definition) is 3. The number of hydrogen-bond donors (Lipinski definition) is 2. The van der Waals surface area contributed by atoms with Crippen molar-refractivity contribution < 1.29 is 14.3 Å². The van der Waals surface area contributed by atoms with Gasteiger partial charge in [0, 0.05) is 9.58 Å². The van der Waals surface area contributed by atoms with Crippen LogP contribution in [0.5, 0.6) is 0 Å². The van der Waals surface area contributed by atoms with Crippen molar-refractivity contribution in [1.82, 2.24) is 5.32 Å². The Kier molecular flexibility index (Phi) is 4.64. The predicted molar refractivity (Wildman–Crippen MR) is 94.5 cm³/mol. The Labute approximate surface area is 143 Å². The molecule has 0 unspecified atom stereocenters. The number of rotatable bonds is 5. The summed E-state index contributed by atoms with van der Waals surface area (Å²) in [5.74, 6) is -0.533. The molecular weight excluding hydrogens is 325 g/mol. The maximum Gasteiger partial charge on any atom is 0.224 e. The van der Waals surface area contributed by atoms with Crippen LogP contribution in [0.4, 0.5) is 4.39 Å². The highest BCUT2D eigenvalue weighted by Crippen LogP contribution is 2.32. The predicted octanol–water partition coefficient (Wildman–Crippen LogP) is 3.61. The van der Waals surface area contributed by atoms with Crippen LogP contribution in [0.15, 0.2) is 54.6 Å². The second-order valence-electron chi connectivity index (χ2n) is 6.00. The van der Waals surface area contributed by atoms with Crippen molar-refractivity contribution in [2.75, 3.05) is 6.54 Å². The molecule has 1 amide bonds. The maximum absolute atomic E-state index is 12.9. The van der Waals surface area contributed by atoms with Gasteiger partial charge >= 0.3 is 0 Å². The number of amides is 1. The third-order valence-corrected chi connectivity index (χ3v) is 5.23. The number of fused-ring (bicyclic) bond motifs is 1. The molecule has 124 valence electrons. The molecule has 0 aliphatic heterocycles. The van der Waals surface area contributed by atoms with Gasteiger partial charge in [0.2, 0.25) is 5.91 Å². The van der Waals surface area contributed by atoms with Crippen molar-refractivity contribution in [2.45, 2.75) is 18.9 Å². The van der Waals surface area contributed by atoms with Crippen LogP contribution in [0.25, 0.3) is 10.1 Å². The van der Waals surface area contributed by atoms with E-state index in [4.69, 9.17) is 0 Å². The number of carbonyl (C=O) groups is 1. The summed E-state index contributed by atoms with van der Waals surface area (Å²) in [5.41, 5.74) is -0.405. The minimum atomic E-state index is -1.14. The Hall–Kier alpha value is -2.24. The van der Waals surface area contributed by atoms with Crippen LogP contribution in [-0.2, 0) is 16.8 Å². The van der Waals surface area contributed by atoms with E-state index in [0.717, 1.165) is 20.5 Å². The van der Waals surface area contributed by atoms with Gasteiger partial charge in [-0.25, -0.2) is 4.39 Å². The molecule has 24 heavy (non-hydrogen) atoms. The standard InChI is InChI=1S/C19H18FNO2S/c1-19(23,17-11-14-4-2-3-5-16(14)24-17)12-21-18(22)10-13-6-8-15(20)9-7-13/h2-9,11,23H,10,12H2,1H3,(H,21,22)/t19-/m1/s1. The normalized spacial score (nSPS) is 13.6. The molecule has 2 aromatic carbocycles. The fourth-order valence-electron chi connectivity index (χ4n) is 2.46. The monoisotopic (exact) mass is 343 g/mol. The van der Waals surface area contributed by atoms with Crippen LogP contribution in [0.2, 0.25) is 0 Å². The molecule has 0 bridgehead atoms. The molecule has 3 aromatic rings. The van der Waals surface area contributed by atoms with Gasteiger partial charge in [0.15, 0.2) is 0 Å². The second kappa shape index (κ2) is 6.71. The van der Waals surface area contributed by atoms with Gasteiger partial charge < -0.3 is 10.4 Å². The van der Waals surface area contributed by atoms with Crippen LogP contribution in [-0.4, -0.2) is 17.6 Å². The molecule has 0 spiro atoms. The van der Waals surface area contributed by atoms with Crippen molar-refractivity contribution in [3.63, 3.8) is 0 Å². The fourth-order valence-corrected chi connectivity index (χ4v) is 3.56. The fraction of sp³-hybridized carbons (Fsp3) is 0.211. The lowest BCUT2D eigenvalue weighted by molar-refractivity contribution is -0.121. The van der Waals surface area contributed by atoms with E-state index in [1.54, 1.807) is 19.1 Å². The molecule has 0 aliphatic rings. The van der Waals surface area contributed by atoms with Gasteiger partial charge in [0.1, 0.15) is 11.4 Å². The number of thiophene rings is 1. The van der Waals surface area contributed by atoms with E-state index in [1.165, 1.54) is 23.5 Å². The first-order chi connectivity index (χ1) is 11.4. The highest BCUT2D eigenvalue weighted by Gasteiger charge is 2.26. The Balaban J connectivity index is 1.63. The summed E-state index contributed by atoms with van der Waals surface area (Å²) in [6.07, 6.45) is 0.156. The Morgan fingerprint density at radius 3 is 2.62 bits per heavy atom. The Morgan fingerprint density at radius 1 is 1.21 bits per heavy atom. The van der Waals surface area contributed by atoms with Gasteiger partial charge in [0.05, 0.1) is 13.0 Å². The lowest BCUT2D eigenvalue weighted by atomic mass is 10.0. The highest BCUT2D eigenvalue weighted by atomic mass is 32.1. The van der Waals surface area contributed by atoms with Crippen molar-refractivity contribution in [1.29, 1.82) is 0 Å². The van der Waals surface area contributed by atoms with Gasteiger partial charge in [-0.1, -0.05) is 30.3 Å². The lowest BCUT2D eigenvalue weighted by Crippen LogP contribution is -2.38. The minimum absolute atomic E-state index is 0.125. The summed E-state index contributed by atoms with van der Waals surface area (Å²) in [6, 6.07) is 15.7. The zero-order chi connectivity index (χ0) is 17.2. The van der Waals surface area contributed by atoms with Crippen molar-refractivity contribution >= 4 is 27.3 Å². The highest BCUT2D eigenvalue weighted by molar-refractivity contribution is 7.19. The molecule has 1 atom stereocenters. The SMILES string of the molecule is C[C@@](O)(CNC(=O)Cc1ccc(F)cc1)c1cc2ccccc2s1. The van der Waals surface area contributed by atoms with Gasteiger partial charge in [-0.05, 0) is 42.1 Å². The molecule has 2 N–H and O–H groups in total. The Bertz CT molecular complexity index is 822. The molecule has 1 heterocycles. The molecule has 3 nitrogen and oxygen atoms in total. The summed E-state index contributed by atoms with van der Waals surface area (Å²) in [5, 5.41) is 14.5. The van der Waals surface area contributed by atoms with E-state index >= 15 is 0 Å². The van der Waals surface area contributed by atoms with E-state index < -0.39 is 5.60 Å². The third-order valence-electron chi connectivity index (χ3n) is 3.86. The Morgan fingerprint density at radius 2 is 1.92 bits per heavy atom. The number of halogens is 1. The minimum Gasteiger partial charge on any atom is -0.383 e. The zero-order valence-corrected chi connectivity index (χ0v) is 14.1. The third kappa shape index (κ3) is 3.80. The topological polar surface area (TPSA) is 49.3 Å². The van der Waals surface area contributed by atoms with Crippen LogP contribution in [0, 0.1) is 5.82 Å². The zero-order valence-electron chi connectivity index (χ0n) is 13.3. The number of nitrogens with one attached hydrogen (secondary N) is 1. The van der Waals surface area contributed by atoms with E-state index in [0.29, 0.717) is 0 Å². The van der Waals surface area contributed by atoms with E-state index in [2.05, 4.69) is 5.32 Å². The molecule has 0 aliphatic carbocycles. The van der Waals surface area contributed by atoms with Crippen LogP contribution in [0.1, 0.15) is 17.4 Å². The number of carbonyl (C=O) groups excluding carboxylic acids is 1. The van der Waals surface area contributed by atoms with Crippen LogP contribution in [0.3, 0.4) is 0 Å². The smallest absolute Gasteiger partial charge is 0.224 e. The first-order valence-electron chi connectivity index (χ1n) is 7.67. The van der Waals surface area contributed by atoms with E-state index in [1.807, 2.05) is 30.3 Å². The summed E-state index contributed by atoms with van der Waals surface area (Å²) in [7, 11) is 0. The van der Waals surface area contributed by atoms with Gasteiger partial charge in [-0.2, -0.15) is 0 Å². The average Bonchev–Trinajstić information content (AvgIpc) is 3.00. The maximum atomic E-state index is 12.9. The van der Waals surface area contributed by atoms with Crippen LogP contribution >= 0.6 is 11.3 Å². The second-order valence-corrected chi connectivity index (χ2v) is 7.09. The summed E-state index contributed by atoms with van der Waals surface area (Å²) >= 11 is 1.52. The number of benzene rings is 2. The number of aliphatic hydroxyl groups is 1. The van der Waals surface area contributed by atoms with Crippen molar-refractivity contribution in [3.05, 3.63) is 70.9 Å². The van der Waals surface area contributed by atoms with E-state index in [-0.39, 0.29) is 24.7 Å². The summed E-state index contributed by atoms with van der Waals surface area (Å²) < 4.78 is 14.0. The molecular formula is C19H18FNO2S. The van der Waals surface area contributed by atoms with Gasteiger partial charge in [-0.3, -0.25) is 4.79 Å². The quantitative estimate of drug-likeness (QED) is 0.743. The van der Waals surface area contributed by atoms with Crippen LogP contribution < -0.4 is 5.32 Å². The summed E-state index contributed by atoms with van der Waals surface area (Å²) in [4.78, 5) is 12.8. The largest absolute Gasteiger partial charge is 0.383 e. The summed E-state index contributed by atoms with van der Waals surface area (Å²) in [6.45, 7) is 1.82. The molecule has 0 saturated heterocycles. The van der Waals surface area contributed by atoms with Crippen molar-refractivity contribution in [2.24, 2.45) is 0 Å².